The second-order valence-electron chi connectivity index (χ2n) is 10.7. The van der Waals surface area contributed by atoms with Gasteiger partial charge in [0.2, 0.25) is 0 Å². The number of hydrogen-bond donors (Lipinski definition) is 1. The molecule has 39 heavy (non-hydrogen) atoms. The normalized spacial score (nSPS) is 16.8. The van der Waals surface area contributed by atoms with E-state index < -0.39 is 17.7 Å². The van der Waals surface area contributed by atoms with Crippen molar-refractivity contribution in [3.8, 4) is 11.5 Å². The number of amides is 1. The highest BCUT2D eigenvalue weighted by atomic mass is 16.5. The lowest BCUT2D eigenvalue weighted by atomic mass is 9.92. The Balaban J connectivity index is 1.81. The van der Waals surface area contributed by atoms with Crippen LogP contribution in [0.4, 0.5) is 0 Å². The highest BCUT2D eigenvalue weighted by molar-refractivity contribution is 6.46. The smallest absolute Gasteiger partial charge is 0.295 e. The molecule has 1 heterocycles. The molecule has 6 nitrogen and oxygen atoms in total. The van der Waals surface area contributed by atoms with Crippen LogP contribution in [0.15, 0.2) is 72.3 Å². The molecule has 1 aliphatic rings. The number of rotatable bonds is 9. The van der Waals surface area contributed by atoms with Crippen molar-refractivity contribution in [1.82, 2.24) is 4.90 Å². The number of aryl methyl sites for hydroxylation is 1. The highest BCUT2D eigenvalue weighted by Crippen LogP contribution is 2.41. The van der Waals surface area contributed by atoms with Crippen LogP contribution in [0.1, 0.15) is 67.5 Å². The first kappa shape index (κ1) is 28.0. The molecule has 1 saturated heterocycles. The molecule has 0 bridgehead atoms. The zero-order valence-corrected chi connectivity index (χ0v) is 23.5. The van der Waals surface area contributed by atoms with E-state index in [1.54, 1.807) is 25.3 Å². The van der Waals surface area contributed by atoms with Crippen LogP contribution in [-0.4, -0.2) is 35.4 Å². The summed E-state index contributed by atoms with van der Waals surface area (Å²) < 4.78 is 11.4. The quantitative estimate of drug-likeness (QED) is 0.189. The van der Waals surface area contributed by atoms with Crippen LogP contribution in [0.25, 0.3) is 5.76 Å². The van der Waals surface area contributed by atoms with Crippen LogP contribution < -0.4 is 9.47 Å². The Kier molecular flexibility index (Phi) is 8.44. The lowest BCUT2D eigenvalue weighted by Crippen LogP contribution is -2.29. The van der Waals surface area contributed by atoms with E-state index >= 15 is 0 Å². The van der Waals surface area contributed by atoms with Crippen molar-refractivity contribution < 1.29 is 24.2 Å². The number of para-hydroxylation sites is 1. The fourth-order valence-corrected chi connectivity index (χ4v) is 4.84. The minimum absolute atomic E-state index is 0.0717. The van der Waals surface area contributed by atoms with Gasteiger partial charge < -0.3 is 19.5 Å². The van der Waals surface area contributed by atoms with Gasteiger partial charge in [0.25, 0.3) is 11.7 Å². The van der Waals surface area contributed by atoms with Gasteiger partial charge in [0.1, 0.15) is 17.3 Å². The van der Waals surface area contributed by atoms with Crippen LogP contribution in [0.2, 0.25) is 0 Å². The van der Waals surface area contributed by atoms with Crippen molar-refractivity contribution in [2.24, 2.45) is 5.92 Å². The topological polar surface area (TPSA) is 76.1 Å². The number of ether oxygens (including phenoxy) is 2. The van der Waals surface area contributed by atoms with Crippen LogP contribution >= 0.6 is 0 Å². The molecule has 1 unspecified atom stereocenters. The van der Waals surface area contributed by atoms with Crippen LogP contribution in [0, 0.1) is 12.8 Å². The number of Topliss-reactive ketones (excluding diaryl/α,β-unsaturated/α-hetero) is 1. The Bertz CT molecular complexity index is 1390. The van der Waals surface area contributed by atoms with Gasteiger partial charge in [-0.05, 0) is 59.7 Å². The number of hydrogen-bond acceptors (Lipinski definition) is 5. The maximum Gasteiger partial charge on any atom is 0.295 e. The van der Waals surface area contributed by atoms with Gasteiger partial charge in [0.15, 0.2) is 0 Å². The van der Waals surface area contributed by atoms with Crippen molar-refractivity contribution in [2.45, 2.75) is 53.1 Å². The average molecular weight is 528 g/mol. The summed E-state index contributed by atoms with van der Waals surface area (Å²) in [5.74, 6) is 0.482. The van der Waals surface area contributed by atoms with Crippen molar-refractivity contribution in [3.05, 3.63) is 100 Å². The van der Waals surface area contributed by atoms with E-state index in [9.17, 15) is 14.7 Å². The Hall–Kier alpha value is -4.06. The number of carbonyl (C=O) groups is 2. The summed E-state index contributed by atoms with van der Waals surface area (Å²) in [6.45, 7) is 11.0. The second kappa shape index (κ2) is 11.8. The fraction of sp³-hybridized carbons (Fsp3) is 0.333. The van der Waals surface area contributed by atoms with E-state index in [1.165, 1.54) is 4.90 Å². The minimum atomic E-state index is -0.756. The molecule has 1 N–H and O–H groups in total. The molecule has 0 aliphatic carbocycles. The minimum Gasteiger partial charge on any atom is -0.507 e. The molecule has 204 valence electrons. The lowest BCUT2D eigenvalue weighted by Gasteiger charge is -2.26. The predicted octanol–water partition coefficient (Wildman–Crippen LogP) is 6.78. The number of benzene rings is 3. The first-order valence-corrected chi connectivity index (χ1v) is 13.4. The maximum atomic E-state index is 13.5. The number of methoxy groups -OCH3 is 1. The SMILES string of the molecule is COc1ccccc1CN1C(=O)C(=O)/C(=C(\O)c2ccc(OCC(C)C)c(C)c2)C1c1ccc(C(C)C)cc1. The third kappa shape index (κ3) is 5.85. The Morgan fingerprint density at radius 3 is 2.26 bits per heavy atom. The summed E-state index contributed by atoms with van der Waals surface area (Å²) in [5, 5.41) is 11.5. The first-order chi connectivity index (χ1) is 18.6. The number of likely N-dealkylation sites (tertiary alicyclic amines) is 1. The fourth-order valence-electron chi connectivity index (χ4n) is 4.84. The van der Waals surface area contributed by atoms with E-state index in [0.29, 0.717) is 29.8 Å². The van der Waals surface area contributed by atoms with Crippen LogP contribution in [0.3, 0.4) is 0 Å². The van der Waals surface area contributed by atoms with Gasteiger partial charge in [-0.1, -0.05) is 70.2 Å². The summed E-state index contributed by atoms with van der Waals surface area (Å²) in [4.78, 5) is 28.5. The van der Waals surface area contributed by atoms with E-state index in [2.05, 4.69) is 27.7 Å². The molecule has 1 atom stereocenters. The van der Waals surface area contributed by atoms with Crippen molar-refractivity contribution in [1.29, 1.82) is 0 Å². The summed E-state index contributed by atoms with van der Waals surface area (Å²) in [7, 11) is 1.58. The summed E-state index contributed by atoms with van der Waals surface area (Å²) in [5.41, 5.74) is 4.04. The van der Waals surface area contributed by atoms with E-state index in [4.69, 9.17) is 9.47 Å². The van der Waals surface area contributed by atoms with Crippen LogP contribution in [0.5, 0.6) is 11.5 Å². The van der Waals surface area contributed by atoms with E-state index in [0.717, 1.165) is 28.0 Å². The number of ketones is 1. The third-order valence-electron chi connectivity index (χ3n) is 7.01. The number of carbonyl (C=O) groups excluding carboxylic acids is 2. The predicted molar refractivity (Wildman–Crippen MR) is 153 cm³/mol. The summed E-state index contributed by atoms with van der Waals surface area (Å²) in [6.07, 6.45) is 0. The van der Waals surface area contributed by atoms with Crippen LogP contribution in [-0.2, 0) is 16.1 Å². The van der Waals surface area contributed by atoms with Crippen molar-refractivity contribution in [3.63, 3.8) is 0 Å². The molecule has 3 aromatic rings. The maximum absolute atomic E-state index is 13.5. The molecule has 4 rings (SSSR count). The lowest BCUT2D eigenvalue weighted by molar-refractivity contribution is -0.140. The molecule has 1 amide bonds. The molecule has 0 saturated carbocycles. The number of aliphatic hydroxyl groups is 1. The molecule has 0 spiro atoms. The highest BCUT2D eigenvalue weighted by Gasteiger charge is 2.46. The molecule has 3 aromatic carbocycles. The molecule has 0 radical (unpaired) electrons. The van der Waals surface area contributed by atoms with E-state index in [-0.39, 0.29) is 17.9 Å². The zero-order valence-electron chi connectivity index (χ0n) is 23.5. The Labute approximate surface area is 230 Å². The van der Waals surface area contributed by atoms with Gasteiger partial charge in [-0.3, -0.25) is 9.59 Å². The molecule has 6 heteroatoms. The van der Waals surface area contributed by atoms with E-state index in [1.807, 2.05) is 55.5 Å². The molecular weight excluding hydrogens is 490 g/mol. The average Bonchev–Trinajstić information content (AvgIpc) is 3.17. The third-order valence-corrected chi connectivity index (χ3v) is 7.01. The molecule has 1 aliphatic heterocycles. The largest absolute Gasteiger partial charge is 0.507 e. The Morgan fingerprint density at radius 2 is 1.64 bits per heavy atom. The van der Waals surface area contributed by atoms with Gasteiger partial charge in [0.05, 0.1) is 31.9 Å². The number of aliphatic hydroxyl groups excluding tert-OH is 1. The molecule has 0 aromatic heterocycles. The second-order valence-corrected chi connectivity index (χ2v) is 10.7. The van der Waals surface area contributed by atoms with Gasteiger partial charge >= 0.3 is 0 Å². The molecule has 1 fully saturated rings. The van der Waals surface area contributed by atoms with Gasteiger partial charge in [0, 0.05) is 11.1 Å². The van der Waals surface area contributed by atoms with Gasteiger partial charge in [-0.2, -0.15) is 0 Å². The van der Waals surface area contributed by atoms with Crippen molar-refractivity contribution in [2.75, 3.05) is 13.7 Å². The summed E-state index contributed by atoms with van der Waals surface area (Å²) in [6, 6.07) is 19.9. The Morgan fingerprint density at radius 1 is 0.949 bits per heavy atom. The van der Waals surface area contributed by atoms with Crippen molar-refractivity contribution >= 4 is 17.4 Å². The van der Waals surface area contributed by atoms with Gasteiger partial charge in [-0.25, -0.2) is 0 Å². The van der Waals surface area contributed by atoms with Gasteiger partial charge in [-0.15, -0.1) is 0 Å². The first-order valence-electron chi connectivity index (χ1n) is 13.4. The summed E-state index contributed by atoms with van der Waals surface area (Å²) >= 11 is 0. The number of nitrogens with zero attached hydrogens (tertiary/aromatic N) is 1. The monoisotopic (exact) mass is 527 g/mol. The standard InChI is InChI=1S/C33H37NO5/c1-20(2)19-39-27-16-15-25(17-22(27)5)31(35)29-30(24-13-11-23(12-14-24)21(3)4)34(33(37)32(29)36)18-26-9-7-8-10-28(26)38-6/h7-17,20-21,30,35H,18-19H2,1-6H3/b31-29-. The molecular formula is C33H37NO5. The zero-order chi connectivity index (χ0) is 28.3.